The fourth-order valence-electron chi connectivity index (χ4n) is 1.62. The van der Waals surface area contributed by atoms with Crippen molar-refractivity contribution < 1.29 is 40.7 Å². The molecule has 23 heavy (non-hydrogen) atoms. The minimum atomic E-state index is -5.42. The number of carbonyl (C=O) groups excluding carboxylic acids is 2. The number of carbonyl (C=O) groups is 2. The molecule has 0 aliphatic carbocycles. The van der Waals surface area contributed by atoms with Gasteiger partial charge in [-0.2, -0.15) is 26.3 Å². The second kappa shape index (κ2) is 6.84. The van der Waals surface area contributed by atoms with Gasteiger partial charge in [-0.25, -0.2) is 4.79 Å². The molecule has 0 aliphatic heterocycles. The second-order valence-electron chi connectivity index (χ2n) is 4.19. The fraction of sp³-hybridized carbons (Fsp3) is 0.286. The molecular weight excluding hydrogens is 330 g/mol. The van der Waals surface area contributed by atoms with Gasteiger partial charge in [0.25, 0.3) is 5.78 Å². The number of rotatable bonds is 4. The van der Waals surface area contributed by atoms with Crippen LogP contribution in [0.4, 0.5) is 26.3 Å². The van der Waals surface area contributed by atoms with Crippen LogP contribution in [-0.2, 0) is 20.5 Å². The Morgan fingerprint density at radius 1 is 1.09 bits per heavy atom. The largest absolute Gasteiger partial charge is 0.462 e. The first-order valence-electron chi connectivity index (χ1n) is 6.15. The van der Waals surface area contributed by atoms with Gasteiger partial charge in [-0.1, -0.05) is 18.2 Å². The molecule has 0 fully saturated rings. The summed E-state index contributed by atoms with van der Waals surface area (Å²) in [4.78, 5) is 22.8. The van der Waals surface area contributed by atoms with Gasteiger partial charge in [0, 0.05) is 0 Å². The van der Waals surface area contributed by atoms with Crippen LogP contribution in [0.25, 0.3) is 6.08 Å². The number of esters is 1. The van der Waals surface area contributed by atoms with Crippen molar-refractivity contribution in [3.63, 3.8) is 0 Å². The molecule has 3 nitrogen and oxygen atoms in total. The van der Waals surface area contributed by atoms with Crippen LogP contribution in [0.15, 0.2) is 29.8 Å². The van der Waals surface area contributed by atoms with Crippen molar-refractivity contribution in [3.05, 3.63) is 41.0 Å². The molecule has 0 unspecified atom stereocenters. The number of alkyl halides is 6. The predicted octanol–water partition coefficient (Wildman–Crippen LogP) is 3.78. The number of hydrogen-bond acceptors (Lipinski definition) is 3. The molecule has 0 saturated carbocycles. The number of benzene rings is 1. The smallest absolute Gasteiger partial charge is 0.455 e. The van der Waals surface area contributed by atoms with Crippen molar-refractivity contribution in [3.8, 4) is 0 Å². The Balaban J connectivity index is 3.47. The maximum absolute atomic E-state index is 12.8. The van der Waals surface area contributed by atoms with Crippen molar-refractivity contribution in [2.75, 3.05) is 6.61 Å². The minimum Gasteiger partial charge on any atom is -0.462 e. The molecular formula is C14H10F6O3. The van der Waals surface area contributed by atoms with E-state index in [1.54, 1.807) is 0 Å². The Bertz CT molecular complexity index is 628. The van der Waals surface area contributed by atoms with Crippen LogP contribution in [0.5, 0.6) is 0 Å². The molecule has 0 radical (unpaired) electrons. The van der Waals surface area contributed by atoms with E-state index < -0.39 is 40.8 Å². The summed E-state index contributed by atoms with van der Waals surface area (Å²) in [6.45, 7) is 0.930. The van der Waals surface area contributed by atoms with E-state index in [1.165, 1.54) is 6.92 Å². The van der Waals surface area contributed by atoms with E-state index in [1.807, 2.05) is 0 Å². The topological polar surface area (TPSA) is 43.4 Å². The molecule has 9 heteroatoms. The number of halogens is 6. The van der Waals surface area contributed by atoms with Gasteiger partial charge in [0.1, 0.15) is 5.57 Å². The highest BCUT2D eigenvalue weighted by Crippen LogP contribution is 2.33. The van der Waals surface area contributed by atoms with Crippen LogP contribution in [0.2, 0.25) is 0 Å². The molecule has 1 rings (SSSR count). The summed E-state index contributed by atoms with van der Waals surface area (Å²) in [5, 5.41) is 0. The van der Waals surface area contributed by atoms with Crippen molar-refractivity contribution in [1.29, 1.82) is 0 Å². The van der Waals surface area contributed by atoms with Gasteiger partial charge < -0.3 is 4.74 Å². The van der Waals surface area contributed by atoms with Crippen molar-refractivity contribution in [2.45, 2.75) is 19.3 Å². The molecule has 0 heterocycles. The third kappa shape index (κ3) is 4.83. The maximum atomic E-state index is 12.8. The molecule has 0 aromatic heterocycles. The SMILES string of the molecule is CCOC(=O)/C(=C\c1ccccc1C(F)(F)F)C(=O)C(F)(F)F. The van der Waals surface area contributed by atoms with Crippen LogP contribution < -0.4 is 0 Å². The van der Waals surface area contributed by atoms with Gasteiger partial charge in [0.05, 0.1) is 12.2 Å². The van der Waals surface area contributed by atoms with Crippen LogP contribution in [0, 0.1) is 0 Å². The average molecular weight is 340 g/mol. The Labute approximate surface area is 126 Å². The van der Waals surface area contributed by atoms with E-state index in [-0.39, 0.29) is 12.7 Å². The van der Waals surface area contributed by atoms with Gasteiger partial charge >= 0.3 is 18.3 Å². The van der Waals surface area contributed by atoms with E-state index in [4.69, 9.17) is 0 Å². The zero-order chi connectivity index (χ0) is 17.8. The zero-order valence-corrected chi connectivity index (χ0v) is 11.6. The lowest BCUT2D eigenvalue weighted by Crippen LogP contribution is -2.29. The predicted molar refractivity (Wildman–Crippen MR) is 67.1 cm³/mol. The van der Waals surface area contributed by atoms with Gasteiger partial charge in [-0.3, -0.25) is 4.79 Å². The van der Waals surface area contributed by atoms with Crippen LogP contribution in [0.1, 0.15) is 18.1 Å². The highest BCUT2D eigenvalue weighted by molar-refractivity contribution is 6.22. The summed E-state index contributed by atoms with van der Waals surface area (Å²) in [5.41, 5.74) is -3.55. The summed E-state index contributed by atoms with van der Waals surface area (Å²) in [7, 11) is 0. The Hall–Kier alpha value is -2.32. The van der Waals surface area contributed by atoms with Gasteiger partial charge in [-0.15, -0.1) is 0 Å². The molecule has 1 aromatic rings. The first-order valence-corrected chi connectivity index (χ1v) is 6.15. The summed E-state index contributed by atoms with van der Waals surface area (Å²) in [6, 6.07) is 3.61. The lowest BCUT2D eigenvalue weighted by Gasteiger charge is -2.12. The van der Waals surface area contributed by atoms with E-state index >= 15 is 0 Å². The first-order chi connectivity index (χ1) is 10.5. The van der Waals surface area contributed by atoms with Gasteiger partial charge in [0.15, 0.2) is 0 Å². The molecule has 0 amide bonds. The Kier molecular flexibility index (Phi) is 5.57. The van der Waals surface area contributed by atoms with Crippen molar-refractivity contribution >= 4 is 17.8 Å². The number of ketones is 1. The quantitative estimate of drug-likeness (QED) is 0.275. The lowest BCUT2D eigenvalue weighted by molar-refractivity contribution is -0.168. The summed E-state index contributed by atoms with van der Waals surface area (Å²) >= 11 is 0. The third-order valence-corrected chi connectivity index (χ3v) is 2.56. The van der Waals surface area contributed by atoms with E-state index in [0.29, 0.717) is 6.07 Å². The lowest BCUT2D eigenvalue weighted by atomic mass is 10.0. The number of ether oxygens (including phenoxy) is 1. The highest BCUT2D eigenvalue weighted by Gasteiger charge is 2.44. The molecule has 0 saturated heterocycles. The van der Waals surface area contributed by atoms with E-state index in [9.17, 15) is 35.9 Å². The standard InChI is InChI=1S/C14H10F6O3/c1-2-23-12(22)9(11(21)14(18,19)20)7-8-5-3-4-6-10(8)13(15,16)17/h3-7H,2H2,1H3/b9-7-. The highest BCUT2D eigenvalue weighted by atomic mass is 19.4. The van der Waals surface area contributed by atoms with Crippen LogP contribution in [0.3, 0.4) is 0 Å². The second-order valence-corrected chi connectivity index (χ2v) is 4.19. The molecule has 126 valence electrons. The summed E-state index contributed by atoms with van der Waals surface area (Å²) < 4.78 is 80.4. The fourth-order valence-corrected chi connectivity index (χ4v) is 1.62. The monoisotopic (exact) mass is 340 g/mol. The number of Topliss-reactive ketones (excluding diaryl/α,β-unsaturated/α-hetero) is 1. The average Bonchev–Trinajstić information content (AvgIpc) is 2.42. The van der Waals surface area contributed by atoms with Crippen molar-refractivity contribution in [2.24, 2.45) is 0 Å². The number of hydrogen-bond donors (Lipinski definition) is 0. The van der Waals surface area contributed by atoms with E-state index in [0.717, 1.165) is 18.2 Å². The zero-order valence-electron chi connectivity index (χ0n) is 11.6. The molecule has 0 spiro atoms. The maximum Gasteiger partial charge on any atom is 0.455 e. The summed E-state index contributed by atoms with van der Waals surface area (Å²) in [6.07, 6.45) is -10.1. The third-order valence-electron chi connectivity index (χ3n) is 2.56. The molecule has 0 atom stereocenters. The molecule has 0 aliphatic rings. The molecule has 0 bridgehead atoms. The Morgan fingerprint density at radius 3 is 2.13 bits per heavy atom. The van der Waals surface area contributed by atoms with Crippen LogP contribution in [-0.4, -0.2) is 24.5 Å². The normalized spacial score (nSPS) is 12.9. The molecule has 0 N–H and O–H groups in total. The van der Waals surface area contributed by atoms with Gasteiger partial charge in [0.2, 0.25) is 0 Å². The van der Waals surface area contributed by atoms with Crippen LogP contribution >= 0.6 is 0 Å². The van der Waals surface area contributed by atoms with Crippen molar-refractivity contribution in [1.82, 2.24) is 0 Å². The van der Waals surface area contributed by atoms with E-state index in [2.05, 4.69) is 4.74 Å². The first kappa shape index (κ1) is 18.7. The molecule has 1 aromatic carbocycles. The van der Waals surface area contributed by atoms with Gasteiger partial charge in [-0.05, 0) is 24.6 Å². The summed E-state index contributed by atoms with van der Waals surface area (Å²) in [5.74, 6) is -4.22. The Morgan fingerprint density at radius 2 is 1.65 bits per heavy atom. The minimum absolute atomic E-state index is 0.233.